The van der Waals surface area contributed by atoms with Crippen LogP contribution in [0.1, 0.15) is 26.7 Å². The second kappa shape index (κ2) is 8.68. The van der Waals surface area contributed by atoms with Gasteiger partial charge in [-0.15, -0.1) is 11.3 Å². The number of hydrogen-bond acceptors (Lipinski definition) is 6. The van der Waals surface area contributed by atoms with Gasteiger partial charge >= 0.3 is 0 Å². The summed E-state index contributed by atoms with van der Waals surface area (Å²) in [5.74, 6) is -0.197. The lowest BCUT2D eigenvalue weighted by atomic mass is 10.2. The van der Waals surface area contributed by atoms with Crippen LogP contribution in [0.3, 0.4) is 0 Å². The van der Waals surface area contributed by atoms with Gasteiger partial charge in [-0.2, -0.15) is 10.1 Å². The Kier molecular flexibility index (Phi) is 5.72. The molecule has 2 aliphatic rings. The minimum atomic E-state index is -0.197. The monoisotopic (exact) mass is 476 g/mol. The van der Waals surface area contributed by atoms with E-state index in [4.69, 9.17) is 0 Å². The first-order valence-electron chi connectivity index (χ1n) is 10.9. The van der Waals surface area contributed by atoms with E-state index in [9.17, 15) is 9.59 Å². The summed E-state index contributed by atoms with van der Waals surface area (Å²) in [6.07, 6.45) is 1.82. The molecule has 6 nitrogen and oxygen atoms in total. The van der Waals surface area contributed by atoms with Crippen molar-refractivity contribution in [2.45, 2.75) is 38.1 Å². The molecule has 3 aromatic rings. The number of hydrogen-bond donors (Lipinski definition) is 0. The summed E-state index contributed by atoms with van der Waals surface area (Å²) in [5, 5.41) is 6.87. The number of thioether (sulfide) groups is 1. The summed E-state index contributed by atoms with van der Waals surface area (Å²) in [7, 11) is 1.99. The number of amides is 1. The Morgan fingerprint density at radius 1 is 1.00 bits per heavy atom. The summed E-state index contributed by atoms with van der Waals surface area (Å²) < 4.78 is 3.12. The predicted octanol–water partition coefficient (Wildman–Crippen LogP) is 3.59. The summed E-state index contributed by atoms with van der Waals surface area (Å²) in [4.78, 5) is 30.3. The number of carbonyl (C=O) groups is 1. The van der Waals surface area contributed by atoms with E-state index < -0.39 is 0 Å². The van der Waals surface area contributed by atoms with Crippen molar-refractivity contribution in [1.82, 2.24) is 4.57 Å². The number of benzene rings is 2. The zero-order valence-electron chi connectivity index (χ0n) is 18.7. The van der Waals surface area contributed by atoms with Crippen molar-refractivity contribution in [3.8, 4) is 0 Å². The highest BCUT2D eigenvalue weighted by atomic mass is 32.2. The molecule has 1 amide bonds. The number of fused-ring (bicyclic) bond motifs is 1. The largest absolute Gasteiger partial charge is 0.337 e. The number of thiazole rings is 1. The van der Waals surface area contributed by atoms with Gasteiger partial charge in [0.25, 0.3) is 11.5 Å². The minimum Gasteiger partial charge on any atom is -0.337 e. The Balaban J connectivity index is 1.73. The maximum atomic E-state index is 13.6. The molecule has 0 N–H and O–H groups in total. The fourth-order valence-electron chi connectivity index (χ4n) is 4.05. The van der Waals surface area contributed by atoms with Crippen molar-refractivity contribution in [2.24, 2.45) is 5.10 Å². The van der Waals surface area contributed by atoms with Crippen LogP contribution in [0.2, 0.25) is 0 Å². The van der Waals surface area contributed by atoms with Gasteiger partial charge in [0.05, 0.1) is 22.7 Å². The number of carbonyl (C=O) groups excluding carboxylic acids is 1. The Morgan fingerprint density at radius 2 is 1.73 bits per heavy atom. The van der Waals surface area contributed by atoms with Gasteiger partial charge in [0.2, 0.25) is 0 Å². The average Bonchev–Trinajstić information content (AvgIpc) is 3.43. The van der Waals surface area contributed by atoms with E-state index in [1.165, 1.54) is 16.3 Å². The molecule has 0 aliphatic carbocycles. The standard InChI is InChI=1S/C25H24N4O2S2/c1-4-5-15-28-23(31)21(25-27(3)18-13-9-10-14-19(18)32-25)33-24(28)20-16(2)26-29(22(20)30)17-11-7-6-8-12-17/h6-14H,4-5,15H2,1-3H3/b24-20+,25-21-. The van der Waals surface area contributed by atoms with Crippen molar-refractivity contribution in [1.29, 1.82) is 0 Å². The maximum absolute atomic E-state index is 13.6. The Bertz CT molecular complexity index is 1450. The van der Waals surface area contributed by atoms with Gasteiger partial charge in [-0.3, -0.25) is 14.2 Å². The van der Waals surface area contributed by atoms with Gasteiger partial charge in [0.15, 0.2) is 0 Å². The molecule has 0 saturated carbocycles. The van der Waals surface area contributed by atoms with E-state index >= 15 is 0 Å². The third-order valence-electron chi connectivity index (χ3n) is 5.78. The predicted molar refractivity (Wildman–Crippen MR) is 137 cm³/mol. The Hall–Kier alpha value is -3.10. The molecule has 3 heterocycles. The van der Waals surface area contributed by atoms with Gasteiger partial charge in [0.1, 0.15) is 14.2 Å². The second-order valence-electron chi connectivity index (χ2n) is 7.99. The van der Waals surface area contributed by atoms with E-state index in [0.717, 1.165) is 28.5 Å². The summed E-state index contributed by atoms with van der Waals surface area (Å²) in [6.45, 7) is 4.51. The zero-order chi connectivity index (χ0) is 23.1. The van der Waals surface area contributed by atoms with Crippen molar-refractivity contribution < 1.29 is 4.79 Å². The van der Waals surface area contributed by atoms with Crippen molar-refractivity contribution in [2.75, 3.05) is 17.0 Å². The van der Waals surface area contributed by atoms with Crippen LogP contribution < -0.4 is 24.7 Å². The molecule has 168 valence electrons. The molecular weight excluding hydrogens is 452 g/mol. The van der Waals surface area contributed by atoms with Crippen molar-refractivity contribution >= 4 is 56.7 Å². The lowest BCUT2D eigenvalue weighted by molar-refractivity contribution is -0.112. The van der Waals surface area contributed by atoms with Crippen LogP contribution >= 0.6 is 23.1 Å². The van der Waals surface area contributed by atoms with Crippen LogP contribution in [0, 0.1) is 0 Å². The number of anilines is 2. The fourth-order valence-corrected chi connectivity index (χ4v) is 6.61. The first-order valence-corrected chi connectivity index (χ1v) is 12.6. The number of rotatable bonds is 4. The molecule has 2 aromatic carbocycles. The summed E-state index contributed by atoms with van der Waals surface area (Å²) >= 11 is 3.00. The summed E-state index contributed by atoms with van der Waals surface area (Å²) in [5.41, 5.74) is 2.89. The molecule has 0 spiro atoms. The average molecular weight is 477 g/mol. The summed E-state index contributed by atoms with van der Waals surface area (Å²) in [6, 6.07) is 17.5. The Morgan fingerprint density at radius 3 is 2.45 bits per heavy atom. The molecule has 8 heteroatoms. The van der Waals surface area contributed by atoms with Crippen LogP contribution in [-0.4, -0.2) is 23.2 Å². The SMILES string of the molecule is CCCCn1c(=O)/c(=C2/Sc3ccccc3N2C)s/c1=C1/C(=O)N(c2ccccc2)N=C1C. The van der Waals surface area contributed by atoms with Gasteiger partial charge in [0, 0.05) is 18.5 Å². The van der Waals surface area contributed by atoms with E-state index in [1.54, 1.807) is 16.3 Å². The molecule has 1 aromatic heterocycles. The number of nitrogens with zero attached hydrogens (tertiary/aromatic N) is 4. The first-order chi connectivity index (χ1) is 16.0. The maximum Gasteiger partial charge on any atom is 0.283 e. The van der Waals surface area contributed by atoms with Gasteiger partial charge in [-0.1, -0.05) is 55.4 Å². The highest BCUT2D eigenvalue weighted by Crippen LogP contribution is 2.44. The van der Waals surface area contributed by atoms with Gasteiger partial charge in [-0.25, -0.2) is 0 Å². The molecule has 0 fully saturated rings. The first kappa shape index (κ1) is 21.7. The normalized spacial score (nSPS) is 18.8. The molecule has 5 rings (SSSR count). The number of hydrazone groups is 1. The van der Waals surface area contributed by atoms with Gasteiger partial charge < -0.3 is 4.90 Å². The smallest absolute Gasteiger partial charge is 0.283 e. The van der Waals surface area contributed by atoms with Crippen LogP contribution in [0.15, 0.2) is 69.4 Å². The fraction of sp³-hybridized carbons (Fsp3) is 0.240. The van der Waals surface area contributed by atoms with Crippen LogP contribution in [0.5, 0.6) is 0 Å². The lowest BCUT2D eigenvalue weighted by Crippen LogP contribution is -2.35. The zero-order valence-corrected chi connectivity index (χ0v) is 20.4. The minimum absolute atomic E-state index is 0.0446. The topological polar surface area (TPSA) is 57.9 Å². The van der Waals surface area contributed by atoms with Crippen LogP contribution in [0.4, 0.5) is 11.4 Å². The molecule has 2 aliphatic heterocycles. The van der Waals surface area contributed by atoms with Crippen molar-refractivity contribution in [3.63, 3.8) is 0 Å². The molecule has 0 bridgehead atoms. The Labute approximate surface area is 200 Å². The van der Waals surface area contributed by atoms with Crippen LogP contribution in [0.25, 0.3) is 10.6 Å². The lowest BCUT2D eigenvalue weighted by Gasteiger charge is -2.11. The number of para-hydroxylation sites is 2. The van der Waals surface area contributed by atoms with Crippen molar-refractivity contribution in [3.05, 3.63) is 74.1 Å². The van der Waals surface area contributed by atoms with Gasteiger partial charge in [-0.05, 0) is 37.6 Å². The highest BCUT2D eigenvalue weighted by molar-refractivity contribution is 8.08. The van der Waals surface area contributed by atoms with E-state index in [1.807, 2.05) is 56.4 Å². The van der Waals surface area contributed by atoms with E-state index in [2.05, 4.69) is 29.1 Å². The molecular formula is C25H24N4O2S2. The second-order valence-corrected chi connectivity index (χ2v) is 10.0. The van der Waals surface area contributed by atoms with E-state index in [-0.39, 0.29) is 11.5 Å². The molecule has 0 atom stereocenters. The molecule has 0 unspecified atom stereocenters. The number of aromatic nitrogens is 1. The molecule has 33 heavy (non-hydrogen) atoms. The van der Waals surface area contributed by atoms with E-state index in [0.29, 0.717) is 32.7 Å². The number of unbranched alkanes of at least 4 members (excludes halogenated alkanes) is 1. The highest BCUT2D eigenvalue weighted by Gasteiger charge is 2.32. The quantitative estimate of drug-likeness (QED) is 0.578. The van der Waals surface area contributed by atoms with Crippen LogP contribution in [-0.2, 0) is 11.3 Å². The molecule has 0 radical (unpaired) electrons. The third kappa shape index (κ3) is 3.63. The third-order valence-corrected chi connectivity index (χ3v) is 8.34. The molecule has 0 saturated heterocycles.